The van der Waals surface area contributed by atoms with Gasteiger partial charge in [-0.3, -0.25) is 4.79 Å². The second-order valence-corrected chi connectivity index (χ2v) is 8.68. The highest BCUT2D eigenvalue weighted by Crippen LogP contribution is 2.32. The first-order valence-corrected chi connectivity index (χ1v) is 10.0. The molecule has 1 aliphatic heterocycles. The second-order valence-electron chi connectivity index (χ2n) is 8.68. The van der Waals surface area contributed by atoms with Crippen molar-refractivity contribution >= 4 is 12.0 Å². The first-order valence-electron chi connectivity index (χ1n) is 10.0. The maximum atomic E-state index is 12.7. The van der Waals surface area contributed by atoms with Gasteiger partial charge in [0, 0.05) is 25.6 Å². The molecule has 0 aromatic heterocycles. The van der Waals surface area contributed by atoms with E-state index in [1.54, 1.807) is 6.92 Å². The van der Waals surface area contributed by atoms with E-state index in [-0.39, 0.29) is 24.1 Å². The second kappa shape index (κ2) is 8.41. The largest absolute Gasteiger partial charge is 0.444 e. The Labute approximate surface area is 153 Å². The van der Waals surface area contributed by atoms with Crippen LogP contribution in [0.15, 0.2) is 0 Å². The van der Waals surface area contributed by atoms with Crippen LogP contribution in [0.2, 0.25) is 0 Å². The molecule has 5 nitrogen and oxygen atoms in total. The lowest BCUT2D eigenvalue weighted by atomic mass is 9.92. The summed E-state index contributed by atoms with van der Waals surface area (Å²) in [5, 5.41) is 0. The molecule has 2 fully saturated rings. The third-order valence-electron chi connectivity index (χ3n) is 5.37. The quantitative estimate of drug-likeness (QED) is 0.756. The molecule has 2 aliphatic rings. The van der Waals surface area contributed by atoms with Gasteiger partial charge >= 0.3 is 6.09 Å². The van der Waals surface area contributed by atoms with E-state index in [2.05, 4.69) is 11.8 Å². The summed E-state index contributed by atoms with van der Waals surface area (Å²) in [4.78, 5) is 29.0. The minimum atomic E-state index is -0.491. The van der Waals surface area contributed by atoms with Gasteiger partial charge in [0.15, 0.2) is 0 Å². The minimum Gasteiger partial charge on any atom is -0.444 e. The molecule has 2 atom stereocenters. The van der Waals surface area contributed by atoms with E-state index >= 15 is 0 Å². The van der Waals surface area contributed by atoms with Gasteiger partial charge in [-0.2, -0.15) is 0 Å². The normalized spacial score (nSPS) is 25.1. The number of likely N-dealkylation sites (tertiary alicyclic amines) is 1. The van der Waals surface area contributed by atoms with Crippen LogP contribution in [0, 0.1) is 0 Å². The van der Waals surface area contributed by atoms with E-state index in [4.69, 9.17) is 4.74 Å². The molecule has 0 N–H and O–H groups in total. The van der Waals surface area contributed by atoms with Crippen LogP contribution in [0.25, 0.3) is 0 Å². The zero-order chi connectivity index (χ0) is 18.6. The van der Waals surface area contributed by atoms with Crippen molar-refractivity contribution in [2.75, 3.05) is 6.54 Å². The Bertz CT molecular complexity index is 466. The maximum absolute atomic E-state index is 12.7. The van der Waals surface area contributed by atoms with Crippen molar-refractivity contribution in [1.82, 2.24) is 9.80 Å². The fourth-order valence-corrected chi connectivity index (χ4v) is 4.42. The molecule has 0 bridgehead atoms. The van der Waals surface area contributed by atoms with Gasteiger partial charge in [0.1, 0.15) is 5.60 Å². The van der Waals surface area contributed by atoms with Gasteiger partial charge in [0.25, 0.3) is 0 Å². The monoisotopic (exact) mass is 352 g/mol. The van der Waals surface area contributed by atoms with E-state index in [0.717, 1.165) is 32.1 Å². The highest BCUT2D eigenvalue weighted by Gasteiger charge is 2.42. The summed E-state index contributed by atoms with van der Waals surface area (Å²) < 4.78 is 5.62. The lowest BCUT2D eigenvalue weighted by Crippen LogP contribution is -2.48. The van der Waals surface area contributed by atoms with Gasteiger partial charge in [0.05, 0.1) is 6.04 Å². The van der Waals surface area contributed by atoms with Crippen molar-refractivity contribution in [2.45, 2.75) is 110 Å². The summed E-state index contributed by atoms with van der Waals surface area (Å²) in [6.07, 6.45) is 8.51. The number of amides is 2. The standard InChI is InChI=1S/C20H36N2O3/c1-6-10-17-13-18(14-21(17)19(24)25-20(3,4)5)22(15(2)23)16-11-8-7-9-12-16/h16-18H,6-14H2,1-5H3/t17-,18-/m0/s1. The molecule has 0 unspecified atom stereocenters. The van der Waals surface area contributed by atoms with E-state index in [9.17, 15) is 9.59 Å². The predicted molar refractivity (Wildman–Crippen MR) is 99.4 cm³/mol. The molecule has 2 amide bonds. The first-order chi connectivity index (χ1) is 11.7. The summed E-state index contributed by atoms with van der Waals surface area (Å²) in [7, 11) is 0. The number of carbonyl (C=O) groups excluding carboxylic acids is 2. The van der Waals surface area contributed by atoms with Crippen LogP contribution in [0.5, 0.6) is 0 Å². The van der Waals surface area contributed by atoms with Crippen LogP contribution < -0.4 is 0 Å². The topological polar surface area (TPSA) is 49.9 Å². The molecule has 0 spiro atoms. The van der Waals surface area contributed by atoms with Gasteiger partial charge in [0.2, 0.25) is 5.91 Å². The van der Waals surface area contributed by atoms with Crippen molar-refractivity contribution in [3.05, 3.63) is 0 Å². The summed E-state index contributed by atoms with van der Waals surface area (Å²) in [6, 6.07) is 0.650. The summed E-state index contributed by atoms with van der Waals surface area (Å²) in [6.45, 7) is 10.1. The Morgan fingerprint density at radius 3 is 2.28 bits per heavy atom. The average Bonchev–Trinajstić information content (AvgIpc) is 2.90. The molecule has 1 saturated carbocycles. The van der Waals surface area contributed by atoms with Gasteiger partial charge in [-0.1, -0.05) is 32.6 Å². The van der Waals surface area contributed by atoms with Crippen molar-refractivity contribution in [3.8, 4) is 0 Å². The van der Waals surface area contributed by atoms with Gasteiger partial charge in [-0.25, -0.2) is 4.79 Å². The van der Waals surface area contributed by atoms with Crippen LogP contribution in [0.1, 0.15) is 86.0 Å². The molecule has 1 aliphatic carbocycles. The number of nitrogens with zero attached hydrogens (tertiary/aromatic N) is 2. The smallest absolute Gasteiger partial charge is 0.410 e. The molecule has 0 aromatic carbocycles. The lowest BCUT2D eigenvalue weighted by molar-refractivity contribution is -0.134. The van der Waals surface area contributed by atoms with Crippen LogP contribution in [0.4, 0.5) is 4.79 Å². The SMILES string of the molecule is CCC[C@H]1C[C@H](N(C(C)=O)C2CCCCC2)CN1C(=O)OC(C)(C)C. The Morgan fingerprint density at radius 1 is 1.12 bits per heavy atom. The highest BCUT2D eigenvalue weighted by atomic mass is 16.6. The Balaban J connectivity index is 2.12. The Kier molecular flexibility index (Phi) is 6.75. The van der Waals surface area contributed by atoms with Crippen LogP contribution in [0.3, 0.4) is 0 Å². The van der Waals surface area contributed by atoms with Crippen molar-refractivity contribution in [3.63, 3.8) is 0 Å². The molecule has 25 heavy (non-hydrogen) atoms. The third kappa shape index (κ3) is 5.35. The minimum absolute atomic E-state index is 0.129. The molecule has 144 valence electrons. The van der Waals surface area contributed by atoms with Crippen molar-refractivity contribution in [2.24, 2.45) is 0 Å². The summed E-state index contributed by atoms with van der Waals surface area (Å²) >= 11 is 0. The number of hydrogen-bond acceptors (Lipinski definition) is 3. The number of hydrogen-bond donors (Lipinski definition) is 0. The predicted octanol–water partition coefficient (Wildman–Crippen LogP) is 4.35. The molecule has 1 heterocycles. The van der Waals surface area contributed by atoms with E-state index in [0.29, 0.717) is 12.6 Å². The number of carbonyl (C=O) groups is 2. The molecular weight excluding hydrogens is 316 g/mol. The number of rotatable bonds is 4. The van der Waals surface area contributed by atoms with Gasteiger partial charge in [-0.05, 0) is 46.5 Å². The zero-order valence-corrected chi connectivity index (χ0v) is 16.7. The summed E-state index contributed by atoms with van der Waals surface area (Å²) in [5.74, 6) is 0.151. The lowest BCUT2D eigenvalue weighted by Gasteiger charge is -2.38. The maximum Gasteiger partial charge on any atom is 0.410 e. The average molecular weight is 353 g/mol. The van der Waals surface area contributed by atoms with E-state index < -0.39 is 5.60 Å². The molecular formula is C20H36N2O3. The molecule has 0 radical (unpaired) electrons. The fourth-order valence-electron chi connectivity index (χ4n) is 4.42. The zero-order valence-electron chi connectivity index (χ0n) is 16.7. The van der Waals surface area contributed by atoms with Crippen molar-refractivity contribution < 1.29 is 14.3 Å². The van der Waals surface area contributed by atoms with Crippen LogP contribution >= 0.6 is 0 Å². The number of ether oxygens (including phenoxy) is 1. The first kappa shape index (κ1) is 20.1. The van der Waals surface area contributed by atoms with Gasteiger partial charge in [-0.15, -0.1) is 0 Å². The third-order valence-corrected chi connectivity index (χ3v) is 5.37. The Hall–Kier alpha value is -1.26. The molecule has 2 rings (SSSR count). The molecule has 1 saturated heterocycles. The van der Waals surface area contributed by atoms with Crippen molar-refractivity contribution in [1.29, 1.82) is 0 Å². The van der Waals surface area contributed by atoms with Gasteiger partial charge < -0.3 is 14.5 Å². The van der Waals surface area contributed by atoms with E-state index in [1.165, 1.54) is 19.3 Å². The summed E-state index contributed by atoms with van der Waals surface area (Å²) in [5.41, 5.74) is -0.491. The van der Waals surface area contributed by atoms with Crippen LogP contribution in [-0.2, 0) is 9.53 Å². The fraction of sp³-hybridized carbons (Fsp3) is 0.900. The van der Waals surface area contributed by atoms with Crippen LogP contribution in [-0.4, -0.2) is 52.1 Å². The molecule has 5 heteroatoms. The molecule has 0 aromatic rings. The Morgan fingerprint density at radius 2 is 1.76 bits per heavy atom. The highest BCUT2D eigenvalue weighted by molar-refractivity contribution is 5.75. The van der Waals surface area contributed by atoms with E-state index in [1.807, 2.05) is 25.7 Å².